The lowest BCUT2D eigenvalue weighted by atomic mass is 9.95. The van der Waals surface area contributed by atoms with E-state index in [0.717, 1.165) is 23.8 Å². The molecule has 3 rings (SSSR count). The van der Waals surface area contributed by atoms with Crippen molar-refractivity contribution in [1.29, 1.82) is 0 Å². The molecular weight excluding hydrogens is 238 g/mol. The minimum atomic E-state index is 0.613. The summed E-state index contributed by atoms with van der Waals surface area (Å²) >= 11 is 0. The van der Waals surface area contributed by atoms with E-state index in [-0.39, 0.29) is 0 Å². The van der Waals surface area contributed by atoms with Crippen LogP contribution in [0, 0.1) is 6.92 Å². The molecule has 1 aliphatic carbocycles. The summed E-state index contributed by atoms with van der Waals surface area (Å²) in [7, 11) is 0. The summed E-state index contributed by atoms with van der Waals surface area (Å²) in [4.78, 5) is 4.61. The molecule has 19 heavy (non-hydrogen) atoms. The fraction of sp³-hybridized carbons (Fsp3) is 0.571. The molecule has 0 spiro atoms. The number of hydrogen-bond acceptors (Lipinski definition) is 3. The summed E-state index contributed by atoms with van der Waals surface area (Å²) in [5.41, 5.74) is 2.23. The summed E-state index contributed by atoms with van der Waals surface area (Å²) in [6.07, 6.45) is 12.5. The van der Waals surface area contributed by atoms with Crippen molar-refractivity contribution in [2.45, 2.75) is 51.6 Å². The molecule has 1 fully saturated rings. The van der Waals surface area contributed by atoms with E-state index in [4.69, 9.17) is 0 Å². The largest absolute Gasteiger partial charge is 0.351 e. The molecule has 102 valence electrons. The second-order valence-corrected chi connectivity index (χ2v) is 5.37. The van der Waals surface area contributed by atoms with Gasteiger partial charge >= 0.3 is 0 Å². The van der Waals surface area contributed by atoms with Crippen molar-refractivity contribution >= 4 is 5.95 Å². The van der Waals surface area contributed by atoms with Crippen LogP contribution < -0.4 is 5.32 Å². The highest BCUT2D eigenvalue weighted by molar-refractivity contribution is 5.31. The number of H-pyrrole nitrogens is 1. The van der Waals surface area contributed by atoms with Crippen molar-refractivity contribution in [3.63, 3.8) is 0 Å². The molecular formula is C14H21N5. The maximum absolute atomic E-state index is 4.61. The van der Waals surface area contributed by atoms with Gasteiger partial charge < -0.3 is 9.88 Å². The molecule has 2 N–H and O–H groups in total. The highest BCUT2D eigenvalue weighted by Gasteiger charge is 2.18. The lowest BCUT2D eigenvalue weighted by Crippen LogP contribution is -2.15. The second kappa shape index (κ2) is 5.47. The van der Waals surface area contributed by atoms with E-state index in [9.17, 15) is 0 Å². The first-order chi connectivity index (χ1) is 9.33. The molecule has 0 saturated heterocycles. The van der Waals surface area contributed by atoms with Gasteiger partial charge in [0.15, 0.2) is 0 Å². The number of hydrogen-bond donors (Lipinski definition) is 2. The summed E-state index contributed by atoms with van der Waals surface area (Å²) in [6.45, 7) is 2.82. The Morgan fingerprint density at radius 1 is 1.37 bits per heavy atom. The third-order valence-electron chi connectivity index (χ3n) is 3.83. The average Bonchev–Trinajstić information content (AvgIpc) is 3.06. The quantitative estimate of drug-likeness (QED) is 0.887. The van der Waals surface area contributed by atoms with Crippen molar-refractivity contribution in [3.05, 3.63) is 29.8 Å². The molecule has 0 aromatic carbocycles. The number of anilines is 1. The molecule has 0 radical (unpaired) electrons. The first-order valence-electron chi connectivity index (χ1n) is 7.10. The zero-order chi connectivity index (χ0) is 13.1. The van der Waals surface area contributed by atoms with E-state index in [1.807, 2.05) is 12.4 Å². The number of aromatic nitrogens is 4. The van der Waals surface area contributed by atoms with Crippen LogP contribution in [0.15, 0.2) is 18.6 Å². The van der Waals surface area contributed by atoms with Gasteiger partial charge in [-0.2, -0.15) is 5.10 Å². The summed E-state index contributed by atoms with van der Waals surface area (Å²) < 4.78 is 2.33. The summed E-state index contributed by atoms with van der Waals surface area (Å²) in [5, 5.41) is 10.2. The fourth-order valence-corrected chi connectivity index (χ4v) is 2.84. The third kappa shape index (κ3) is 2.80. The van der Waals surface area contributed by atoms with Crippen LogP contribution in [0.2, 0.25) is 0 Å². The van der Waals surface area contributed by atoms with Crippen LogP contribution >= 0.6 is 0 Å². The van der Waals surface area contributed by atoms with Crippen molar-refractivity contribution in [2.75, 3.05) is 5.32 Å². The van der Waals surface area contributed by atoms with Gasteiger partial charge in [-0.15, -0.1) is 0 Å². The normalized spacial score (nSPS) is 16.7. The number of aromatic amines is 1. The Morgan fingerprint density at radius 3 is 2.95 bits per heavy atom. The van der Waals surface area contributed by atoms with E-state index >= 15 is 0 Å². The molecule has 2 heterocycles. The van der Waals surface area contributed by atoms with Gasteiger partial charge in [-0.25, -0.2) is 4.98 Å². The van der Waals surface area contributed by atoms with Crippen LogP contribution in [0.1, 0.15) is 49.4 Å². The van der Waals surface area contributed by atoms with Crippen molar-refractivity contribution in [3.8, 4) is 0 Å². The van der Waals surface area contributed by atoms with Gasteiger partial charge in [0.05, 0.1) is 11.9 Å². The van der Waals surface area contributed by atoms with Crippen molar-refractivity contribution in [1.82, 2.24) is 19.7 Å². The average molecular weight is 259 g/mol. The van der Waals surface area contributed by atoms with Crippen LogP contribution in [0.25, 0.3) is 0 Å². The molecule has 0 amide bonds. The molecule has 0 atom stereocenters. The number of nitrogens with one attached hydrogen (secondary N) is 2. The van der Waals surface area contributed by atoms with Gasteiger partial charge in [-0.1, -0.05) is 19.3 Å². The van der Waals surface area contributed by atoms with Crippen LogP contribution in [0.3, 0.4) is 0 Å². The Labute approximate surface area is 113 Å². The monoisotopic (exact) mass is 259 g/mol. The van der Waals surface area contributed by atoms with E-state index in [1.54, 1.807) is 0 Å². The molecule has 1 aliphatic rings. The lowest BCUT2D eigenvalue weighted by Gasteiger charge is -2.24. The third-order valence-corrected chi connectivity index (χ3v) is 3.83. The molecule has 2 aromatic rings. The maximum atomic E-state index is 4.61. The van der Waals surface area contributed by atoms with E-state index in [1.165, 1.54) is 32.1 Å². The molecule has 0 unspecified atom stereocenters. The van der Waals surface area contributed by atoms with Gasteiger partial charge in [-0.3, -0.25) is 5.10 Å². The fourth-order valence-electron chi connectivity index (χ4n) is 2.84. The Kier molecular flexibility index (Phi) is 3.53. The lowest BCUT2D eigenvalue weighted by molar-refractivity contribution is 0.355. The van der Waals surface area contributed by atoms with Crippen molar-refractivity contribution < 1.29 is 0 Å². The predicted octanol–water partition coefficient (Wildman–Crippen LogP) is 3.03. The molecule has 5 heteroatoms. The summed E-state index contributed by atoms with van der Waals surface area (Å²) in [6, 6.07) is 0.613. The first kappa shape index (κ1) is 12.3. The van der Waals surface area contributed by atoms with Gasteiger partial charge in [0.25, 0.3) is 0 Å². The van der Waals surface area contributed by atoms with E-state index in [0.29, 0.717) is 6.04 Å². The van der Waals surface area contributed by atoms with Crippen molar-refractivity contribution in [2.24, 2.45) is 0 Å². The van der Waals surface area contributed by atoms with E-state index < -0.39 is 0 Å². The Balaban J connectivity index is 1.72. The first-order valence-corrected chi connectivity index (χ1v) is 7.10. The van der Waals surface area contributed by atoms with Gasteiger partial charge in [0.1, 0.15) is 0 Å². The Bertz CT molecular complexity index is 508. The molecule has 2 aromatic heterocycles. The second-order valence-electron chi connectivity index (χ2n) is 5.37. The standard InChI is InChI=1S/C14H21N5/c1-11-10-19(13-5-3-2-4-6-13)14(18-11)15-7-12-8-16-17-9-12/h8-10,13H,2-7H2,1H3,(H,15,18)(H,16,17). The smallest absolute Gasteiger partial charge is 0.203 e. The minimum Gasteiger partial charge on any atom is -0.351 e. The maximum Gasteiger partial charge on any atom is 0.203 e. The van der Waals surface area contributed by atoms with Gasteiger partial charge in [-0.05, 0) is 19.8 Å². The number of nitrogens with zero attached hydrogens (tertiary/aromatic N) is 3. The van der Waals surface area contributed by atoms with Crippen LogP contribution in [-0.2, 0) is 6.54 Å². The van der Waals surface area contributed by atoms with E-state index in [2.05, 4.69) is 38.2 Å². The van der Waals surface area contributed by atoms with Gasteiger partial charge in [0.2, 0.25) is 5.95 Å². The molecule has 1 saturated carbocycles. The number of imidazole rings is 1. The molecule has 5 nitrogen and oxygen atoms in total. The Hall–Kier alpha value is -1.78. The van der Waals surface area contributed by atoms with Crippen LogP contribution in [0.4, 0.5) is 5.95 Å². The number of rotatable bonds is 4. The van der Waals surface area contributed by atoms with Crippen LogP contribution in [-0.4, -0.2) is 19.7 Å². The minimum absolute atomic E-state index is 0.613. The predicted molar refractivity (Wildman–Crippen MR) is 75.0 cm³/mol. The zero-order valence-electron chi connectivity index (χ0n) is 11.4. The number of aryl methyl sites for hydroxylation is 1. The topological polar surface area (TPSA) is 58.5 Å². The summed E-state index contributed by atoms with van der Waals surface area (Å²) in [5.74, 6) is 0.991. The highest BCUT2D eigenvalue weighted by Crippen LogP contribution is 2.30. The van der Waals surface area contributed by atoms with Crippen LogP contribution in [0.5, 0.6) is 0 Å². The SMILES string of the molecule is Cc1cn(C2CCCCC2)c(NCc2cn[nH]c2)n1. The van der Waals surface area contributed by atoms with Gasteiger partial charge in [0, 0.05) is 30.5 Å². The molecule has 0 aliphatic heterocycles. The Morgan fingerprint density at radius 2 is 2.21 bits per heavy atom. The highest BCUT2D eigenvalue weighted by atomic mass is 15.2. The zero-order valence-corrected chi connectivity index (χ0v) is 11.4. The molecule has 0 bridgehead atoms.